The van der Waals surface area contributed by atoms with Crippen LogP contribution in [0.4, 0.5) is 10.2 Å². The maximum atomic E-state index is 13.1. The molecule has 3 rings (SSSR count). The van der Waals surface area contributed by atoms with Gasteiger partial charge in [-0.3, -0.25) is 0 Å². The molecular formula is C16H11FN4O2. The minimum Gasteiger partial charge on any atom is -0.358 e. The van der Waals surface area contributed by atoms with Crippen LogP contribution in [-0.4, -0.2) is 19.9 Å². The zero-order chi connectivity index (χ0) is 16.4. The molecule has 0 saturated carbocycles. The number of aryl methyl sites for hydroxylation is 1. The zero-order valence-electron chi connectivity index (χ0n) is 12.1. The SMILES string of the molecule is Cc1ncc(-c2ccc(F)cc2)c(-c2ccnc([N+](=O)[O-])c2)n1. The smallest absolute Gasteiger partial charge is 0.358 e. The average Bonchev–Trinajstić information content (AvgIpc) is 2.56. The van der Waals surface area contributed by atoms with E-state index in [0.717, 1.165) is 5.56 Å². The number of halogens is 1. The second kappa shape index (κ2) is 5.88. The van der Waals surface area contributed by atoms with Crippen molar-refractivity contribution in [3.05, 3.63) is 70.5 Å². The van der Waals surface area contributed by atoms with E-state index in [1.807, 2.05) is 0 Å². The fraction of sp³-hybridized carbons (Fsp3) is 0.0625. The Labute approximate surface area is 130 Å². The maximum absolute atomic E-state index is 13.1. The van der Waals surface area contributed by atoms with Crippen LogP contribution in [-0.2, 0) is 0 Å². The topological polar surface area (TPSA) is 81.8 Å². The molecule has 0 fully saturated rings. The van der Waals surface area contributed by atoms with Gasteiger partial charge in [-0.15, -0.1) is 0 Å². The Kier molecular flexibility index (Phi) is 3.76. The molecule has 0 aliphatic carbocycles. The van der Waals surface area contributed by atoms with Gasteiger partial charge in [0.15, 0.2) is 0 Å². The van der Waals surface area contributed by atoms with Gasteiger partial charge in [0, 0.05) is 23.4 Å². The Balaban J connectivity index is 2.19. The van der Waals surface area contributed by atoms with Gasteiger partial charge < -0.3 is 10.1 Å². The third-order valence-electron chi connectivity index (χ3n) is 3.27. The number of nitro groups is 1. The molecule has 0 amide bonds. The lowest BCUT2D eigenvalue weighted by atomic mass is 10.0. The maximum Gasteiger partial charge on any atom is 0.364 e. The molecule has 0 radical (unpaired) electrons. The van der Waals surface area contributed by atoms with Crippen molar-refractivity contribution in [2.24, 2.45) is 0 Å². The first-order valence-corrected chi connectivity index (χ1v) is 6.75. The van der Waals surface area contributed by atoms with Crippen LogP contribution in [0.25, 0.3) is 22.4 Å². The van der Waals surface area contributed by atoms with Gasteiger partial charge in [-0.25, -0.2) is 14.4 Å². The molecule has 2 heterocycles. The van der Waals surface area contributed by atoms with Crippen molar-refractivity contribution < 1.29 is 9.31 Å². The molecule has 6 nitrogen and oxygen atoms in total. The minimum absolute atomic E-state index is 0.260. The van der Waals surface area contributed by atoms with E-state index in [4.69, 9.17) is 0 Å². The van der Waals surface area contributed by atoms with Crippen LogP contribution in [0.2, 0.25) is 0 Å². The number of nitrogens with zero attached hydrogens (tertiary/aromatic N) is 4. The molecular weight excluding hydrogens is 299 g/mol. The molecule has 0 aliphatic rings. The second-order valence-electron chi connectivity index (χ2n) is 4.85. The standard InChI is InChI=1S/C16H11FN4O2/c1-10-19-9-14(11-2-4-13(17)5-3-11)16(20-10)12-6-7-18-15(8-12)21(22)23/h2-9H,1H3. The van der Waals surface area contributed by atoms with E-state index >= 15 is 0 Å². The van der Waals surface area contributed by atoms with Gasteiger partial charge in [0.25, 0.3) is 0 Å². The summed E-state index contributed by atoms with van der Waals surface area (Å²) in [6.45, 7) is 1.73. The fourth-order valence-corrected chi connectivity index (χ4v) is 2.20. The first-order valence-electron chi connectivity index (χ1n) is 6.75. The highest BCUT2D eigenvalue weighted by Gasteiger charge is 2.15. The average molecular weight is 310 g/mol. The lowest BCUT2D eigenvalue weighted by Gasteiger charge is -2.09. The Hall–Kier alpha value is -3.22. The van der Waals surface area contributed by atoms with E-state index in [9.17, 15) is 14.5 Å². The number of rotatable bonds is 3. The number of hydrogen-bond donors (Lipinski definition) is 0. The highest BCUT2D eigenvalue weighted by atomic mass is 19.1. The predicted molar refractivity (Wildman–Crippen MR) is 82.0 cm³/mol. The van der Waals surface area contributed by atoms with Crippen LogP contribution >= 0.6 is 0 Å². The fourth-order valence-electron chi connectivity index (χ4n) is 2.20. The van der Waals surface area contributed by atoms with Crippen LogP contribution in [0.15, 0.2) is 48.8 Å². The zero-order valence-corrected chi connectivity index (χ0v) is 12.1. The van der Waals surface area contributed by atoms with Crippen molar-refractivity contribution in [1.82, 2.24) is 15.0 Å². The van der Waals surface area contributed by atoms with Crippen molar-refractivity contribution in [2.45, 2.75) is 6.92 Å². The number of hydrogen-bond acceptors (Lipinski definition) is 5. The van der Waals surface area contributed by atoms with E-state index in [-0.39, 0.29) is 11.6 Å². The molecule has 2 aromatic heterocycles. The van der Waals surface area contributed by atoms with E-state index in [0.29, 0.717) is 22.6 Å². The van der Waals surface area contributed by atoms with Crippen LogP contribution in [0.3, 0.4) is 0 Å². The van der Waals surface area contributed by atoms with Gasteiger partial charge in [0.2, 0.25) is 0 Å². The Morgan fingerprint density at radius 3 is 2.52 bits per heavy atom. The molecule has 0 spiro atoms. The summed E-state index contributed by atoms with van der Waals surface area (Å²) in [4.78, 5) is 22.6. The summed E-state index contributed by atoms with van der Waals surface area (Å²) in [5, 5.41) is 10.9. The van der Waals surface area contributed by atoms with E-state index in [1.54, 1.807) is 31.3 Å². The van der Waals surface area contributed by atoms with Crippen LogP contribution in [0.5, 0.6) is 0 Å². The van der Waals surface area contributed by atoms with Gasteiger partial charge in [-0.2, -0.15) is 0 Å². The molecule has 0 saturated heterocycles. The molecule has 3 aromatic rings. The highest BCUT2D eigenvalue weighted by molar-refractivity contribution is 5.80. The molecule has 114 valence electrons. The molecule has 0 bridgehead atoms. The molecule has 0 atom stereocenters. The lowest BCUT2D eigenvalue weighted by molar-refractivity contribution is -0.389. The van der Waals surface area contributed by atoms with Gasteiger partial charge in [0.05, 0.1) is 5.69 Å². The van der Waals surface area contributed by atoms with E-state index in [2.05, 4.69) is 15.0 Å². The summed E-state index contributed by atoms with van der Waals surface area (Å²) in [6.07, 6.45) is 2.98. The normalized spacial score (nSPS) is 10.5. The van der Waals surface area contributed by atoms with E-state index < -0.39 is 4.92 Å². The van der Waals surface area contributed by atoms with Crippen LogP contribution in [0, 0.1) is 22.9 Å². The molecule has 7 heteroatoms. The minimum atomic E-state index is -0.560. The third kappa shape index (κ3) is 3.03. The summed E-state index contributed by atoms with van der Waals surface area (Å²) in [7, 11) is 0. The molecule has 23 heavy (non-hydrogen) atoms. The van der Waals surface area contributed by atoms with Crippen molar-refractivity contribution in [1.29, 1.82) is 0 Å². The molecule has 0 aliphatic heterocycles. The summed E-state index contributed by atoms with van der Waals surface area (Å²) in [5.41, 5.74) is 2.48. The first-order chi connectivity index (χ1) is 11.0. The Morgan fingerprint density at radius 1 is 1.09 bits per heavy atom. The molecule has 1 aromatic carbocycles. The van der Waals surface area contributed by atoms with Crippen molar-refractivity contribution in [2.75, 3.05) is 0 Å². The van der Waals surface area contributed by atoms with Crippen LogP contribution < -0.4 is 0 Å². The quantitative estimate of drug-likeness (QED) is 0.545. The first kappa shape index (κ1) is 14.7. The Morgan fingerprint density at radius 2 is 1.83 bits per heavy atom. The Bertz CT molecular complexity index is 882. The van der Waals surface area contributed by atoms with Gasteiger partial charge in [0.1, 0.15) is 17.8 Å². The predicted octanol–water partition coefficient (Wildman–Crippen LogP) is 3.56. The lowest BCUT2D eigenvalue weighted by Crippen LogP contribution is -1.97. The van der Waals surface area contributed by atoms with Gasteiger partial charge in [-0.05, 0) is 40.6 Å². The number of aromatic nitrogens is 3. The van der Waals surface area contributed by atoms with Crippen molar-refractivity contribution in [3.8, 4) is 22.4 Å². The summed E-state index contributed by atoms with van der Waals surface area (Å²) < 4.78 is 13.1. The molecule has 0 unspecified atom stereocenters. The third-order valence-corrected chi connectivity index (χ3v) is 3.27. The van der Waals surface area contributed by atoms with Crippen molar-refractivity contribution in [3.63, 3.8) is 0 Å². The van der Waals surface area contributed by atoms with Gasteiger partial charge >= 0.3 is 5.82 Å². The van der Waals surface area contributed by atoms with Crippen LogP contribution in [0.1, 0.15) is 5.82 Å². The summed E-state index contributed by atoms with van der Waals surface area (Å²) in [5.74, 6) is -0.0722. The number of benzene rings is 1. The van der Waals surface area contributed by atoms with Crippen molar-refractivity contribution >= 4 is 5.82 Å². The highest BCUT2D eigenvalue weighted by Crippen LogP contribution is 2.31. The van der Waals surface area contributed by atoms with E-state index in [1.165, 1.54) is 24.4 Å². The largest absolute Gasteiger partial charge is 0.364 e. The second-order valence-corrected chi connectivity index (χ2v) is 4.85. The summed E-state index contributed by atoms with van der Waals surface area (Å²) in [6, 6.07) is 8.91. The van der Waals surface area contributed by atoms with Gasteiger partial charge in [-0.1, -0.05) is 12.1 Å². The summed E-state index contributed by atoms with van der Waals surface area (Å²) >= 11 is 0. The monoisotopic (exact) mass is 310 g/mol. The molecule has 0 N–H and O–H groups in total. The number of pyridine rings is 1.